The van der Waals surface area contributed by atoms with Crippen LogP contribution in [0.25, 0.3) is 0 Å². The third kappa shape index (κ3) is 7.42. The van der Waals surface area contributed by atoms with Gasteiger partial charge in [-0.3, -0.25) is 4.79 Å². The number of carbonyl (C=O) groups is 1. The van der Waals surface area contributed by atoms with Crippen molar-refractivity contribution >= 4 is 46.6 Å². The molecule has 7 nitrogen and oxygen atoms in total. The molecule has 1 amide bonds. The molecule has 174 valence electrons. The lowest BCUT2D eigenvalue weighted by Crippen LogP contribution is -2.15. The molecule has 3 aromatic rings. The van der Waals surface area contributed by atoms with Gasteiger partial charge in [0.15, 0.2) is 5.16 Å². The highest BCUT2D eigenvalue weighted by Gasteiger charge is 2.14. The highest BCUT2D eigenvalue weighted by atomic mass is 35.5. The number of nitrogens with one attached hydrogen (secondary N) is 1. The zero-order valence-corrected chi connectivity index (χ0v) is 20.4. The number of benzene rings is 2. The number of amides is 1. The van der Waals surface area contributed by atoms with E-state index in [-0.39, 0.29) is 11.7 Å². The normalized spacial score (nSPS) is 10.6. The summed E-state index contributed by atoms with van der Waals surface area (Å²) < 4.78 is 12.9. The third-order valence-electron chi connectivity index (χ3n) is 4.49. The van der Waals surface area contributed by atoms with Crippen LogP contribution in [0.4, 0.5) is 5.69 Å². The lowest BCUT2D eigenvalue weighted by Gasteiger charge is -2.10. The van der Waals surface area contributed by atoms with Gasteiger partial charge in [-0.1, -0.05) is 47.1 Å². The highest BCUT2D eigenvalue weighted by molar-refractivity contribution is 7.99. The number of halogens is 2. The molecule has 0 atom stereocenters. The number of aryl methyl sites for hydroxylation is 1. The SMILES string of the molecule is C=CCn1c(CCCOc2ccc(Cl)cc2Cl)nnc1SCC(=O)Nc1cccc(OC)c1. The number of ether oxygens (including phenoxy) is 2. The van der Waals surface area contributed by atoms with E-state index in [1.54, 1.807) is 37.5 Å². The topological polar surface area (TPSA) is 78.3 Å². The number of aromatic nitrogens is 3. The van der Waals surface area contributed by atoms with Crippen LogP contribution in [0.5, 0.6) is 11.5 Å². The first kappa shape index (κ1) is 25.0. The van der Waals surface area contributed by atoms with Crippen LogP contribution in [0.15, 0.2) is 60.3 Å². The van der Waals surface area contributed by atoms with Crippen LogP contribution >= 0.6 is 35.0 Å². The van der Waals surface area contributed by atoms with Gasteiger partial charge in [0.1, 0.15) is 17.3 Å². The first-order chi connectivity index (χ1) is 16.0. The lowest BCUT2D eigenvalue weighted by atomic mass is 10.3. The van der Waals surface area contributed by atoms with E-state index in [4.69, 9.17) is 32.7 Å². The number of hydrogen-bond donors (Lipinski definition) is 1. The summed E-state index contributed by atoms with van der Waals surface area (Å²) in [6, 6.07) is 12.3. The van der Waals surface area contributed by atoms with E-state index in [2.05, 4.69) is 22.1 Å². The van der Waals surface area contributed by atoms with Gasteiger partial charge in [-0.15, -0.1) is 16.8 Å². The quantitative estimate of drug-likeness (QED) is 0.198. The molecule has 1 N–H and O–H groups in total. The van der Waals surface area contributed by atoms with Crippen molar-refractivity contribution in [3.05, 3.63) is 71.0 Å². The van der Waals surface area contributed by atoms with Crippen LogP contribution in [-0.2, 0) is 17.8 Å². The van der Waals surface area contributed by atoms with Gasteiger partial charge in [0, 0.05) is 29.7 Å². The van der Waals surface area contributed by atoms with Crippen molar-refractivity contribution in [3.8, 4) is 11.5 Å². The predicted molar refractivity (Wildman–Crippen MR) is 133 cm³/mol. The molecule has 0 aliphatic heterocycles. The fourth-order valence-corrected chi connectivity index (χ4v) is 4.19. The molecule has 1 aromatic heterocycles. The minimum Gasteiger partial charge on any atom is -0.497 e. The molecule has 10 heteroatoms. The molecule has 0 bridgehead atoms. The van der Waals surface area contributed by atoms with Crippen molar-refractivity contribution in [2.24, 2.45) is 0 Å². The number of hydrogen-bond acceptors (Lipinski definition) is 6. The highest BCUT2D eigenvalue weighted by Crippen LogP contribution is 2.27. The lowest BCUT2D eigenvalue weighted by molar-refractivity contribution is -0.113. The minimum atomic E-state index is -0.142. The second kappa shape index (κ2) is 12.5. The smallest absolute Gasteiger partial charge is 0.234 e. The Morgan fingerprint density at radius 2 is 2.09 bits per heavy atom. The van der Waals surface area contributed by atoms with E-state index in [0.29, 0.717) is 52.0 Å². The van der Waals surface area contributed by atoms with E-state index < -0.39 is 0 Å². The Hall–Kier alpha value is -2.68. The van der Waals surface area contributed by atoms with Crippen LogP contribution < -0.4 is 14.8 Å². The Morgan fingerprint density at radius 3 is 2.85 bits per heavy atom. The molecule has 0 saturated carbocycles. The number of rotatable bonds is 12. The molecule has 3 rings (SSSR count). The summed E-state index contributed by atoms with van der Waals surface area (Å²) in [5, 5.41) is 13.1. The van der Waals surface area contributed by atoms with E-state index in [9.17, 15) is 4.79 Å². The van der Waals surface area contributed by atoms with Crippen LogP contribution in [0, 0.1) is 0 Å². The van der Waals surface area contributed by atoms with E-state index in [1.807, 2.05) is 22.8 Å². The Balaban J connectivity index is 1.52. The molecule has 0 unspecified atom stereocenters. The standard InChI is InChI=1S/C23H24Cl2N4O3S/c1-3-11-29-21(8-5-12-32-20-10-9-16(24)13-19(20)25)27-28-23(29)33-15-22(30)26-17-6-4-7-18(14-17)31-2/h3-4,6-7,9-10,13-14H,1,5,8,11-12,15H2,2H3,(H,26,30). The summed E-state index contributed by atoms with van der Waals surface area (Å²) in [5.41, 5.74) is 0.675. The van der Waals surface area contributed by atoms with Crippen molar-refractivity contribution in [2.75, 3.05) is 24.8 Å². The summed E-state index contributed by atoms with van der Waals surface area (Å²) in [7, 11) is 1.58. The van der Waals surface area contributed by atoms with Crippen molar-refractivity contribution in [3.63, 3.8) is 0 Å². The molecule has 0 spiro atoms. The zero-order valence-electron chi connectivity index (χ0n) is 18.1. The molecule has 0 fully saturated rings. The monoisotopic (exact) mass is 506 g/mol. The first-order valence-corrected chi connectivity index (χ1v) is 11.9. The molecule has 0 aliphatic rings. The Bertz CT molecular complexity index is 1110. The number of nitrogens with zero attached hydrogens (tertiary/aromatic N) is 3. The van der Waals surface area contributed by atoms with Gasteiger partial charge in [0.05, 0.1) is 24.5 Å². The maximum absolute atomic E-state index is 12.4. The van der Waals surface area contributed by atoms with Crippen molar-refractivity contribution < 1.29 is 14.3 Å². The summed E-state index contributed by atoms with van der Waals surface area (Å²) in [6.07, 6.45) is 3.15. The third-order valence-corrected chi connectivity index (χ3v) is 5.98. The van der Waals surface area contributed by atoms with E-state index in [0.717, 1.165) is 12.2 Å². The number of methoxy groups -OCH3 is 1. The fraction of sp³-hybridized carbons (Fsp3) is 0.261. The Labute approximate surface area is 207 Å². The van der Waals surface area contributed by atoms with Gasteiger partial charge in [-0.25, -0.2) is 0 Å². The van der Waals surface area contributed by atoms with Gasteiger partial charge in [0.2, 0.25) is 5.91 Å². The van der Waals surface area contributed by atoms with Crippen molar-refractivity contribution in [1.29, 1.82) is 0 Å². The maximum atomic E-state index is 12.4. The molecule has 0 aliphatic carbocycles. The molecule has 2 aromatic carbocycles. The van der Waals surface area contributed by atoms with E-state index >= 15 is 0 Å². The number of anilines is 1. The van der Waals surface area contributed by atoms with Gasteiger partial charge in [-0.05, 0) is 36.8 Å². The average Bonchev–Trinajstić information content (AvgIpc) is 3.18. The van der Waals surface area contributed by atoms with Crippen molar-refractivity contribution in [1.82, 2.24) is 14.8 Å². The second-order valence-corrected chi connectivity index (χ2v) is 8.68. The number of thioether (sulfide) groups is 1. The molecular weight excluding hydrogens is 483 g/mol. The first-order valence-electron chi connectivity index (χ1n) is 10.2. The Morgan fingerprint density at radius 1 is 1.24 bits per heavy atom. The van der Waals surface area contributed by atoms with Crippen LogP contribution in [0.2, 0.25) is 10.0 Å². The number of allylic oxidation sites excluding steroid dienone is 1. The van der Waals surface area contributed by atoms with Crippen LogP contribution in [0.3, 0.4) is 0 Å². The van der Waals surface area contributed by atoms with Gasteiger partial charge < -0.3 is 19.4 Å². The molecule has 1 heterocycles. The van der Waals surface area contributed by atoms with Gasteiger partial charge in [0.25, 0.3) is 0 Å². The largest absolute Gasteiger partial charge is 0.497 e. The maximum Gasteiger partial charge on any atom is 0.234 e. The van der Waals surface area contributed by atoms with Crippen LogP contribution in [0.1, 0.15) is 12.2 Å². The molecule has 0 saturated heterocycles. The summed E-state index contributed by atoms with van der Waals surface area (Å²) in [6.45, 7) is 4.82. The average molecular weight is 507 g/mol. The zero-order chi connectivity index (χ0) is 23.6. The minimum absolute atomic E-state index is 0.142. The Kier molecular flexibility index (Phi) is 9.47. The van der Waals surface area contributed by atoms with Crippen molar-refractivity contribution in [2.45, 2.75) is 24.5 Å². The van der Waals surface area contributed by atoms with Crippen LogP contribution in [-0.4, -0.2) is 40.1 Å². The van der Waals surface area contributed by atoms with E-state index in [1.165, 1.54) is 11.8 Å². The predicted octanol–water partition coefficient (Wildman–Crippen LogP) is 5.52. The summed E-state index contributed by atoms with van der Waals surface area (Å²) in [5.74, 6) is 2.13. The summed E-state index contributed by atoms with van der Waals surface area (Å²) >= 11 is 13.4. The molecular formula is C23H24Cl2N4O3S. The van der Waals surface area contributed by atoms with Gasteiger partial charge in [-0.2, -0.15) is 0 Å². The van der Waals surface area contributed by atoms with Gasteiger partial charge >= 0.3 is 0 Å². The second-order valence-electron chi connectivity index (χ2n) is 6.89. The fourth-order valence-electron chi connectivity index (χ4n) is 2.96. The molecule has 0 radical (unpaired) electrons. The summed E-state index contributed by atoms with van der Waals surface area (Å²) in [4.78, 5) is 12.4. The molecule has 33 heavy (non-hydrogen) atoms. The number of carbonyl (C=O) groups excluding carboxylic acids is 1.